The monoisotopic (exact) mass is 472 g/mol. The molecule has 3 rings (SSSR count). The van der Waals surface area contributed by atoms with E-state index in [0.29, 0.717) is 5.56 Å². The lowest BCUT2D eigenvalue weighted by molar-refractivity contribution is -0.152. The molecule has 0 bridgehead atoms. The summed E-state index contributed by atoms with van der Waals surface area (Å²) in [7, 11) is 0. The number of nitrogens with zero attached hydrogens (tertiary/aromatic N) is 1. The van der Waals surface area contributed by atoms with E-state index in [-0.39, 0.29) is 23.6 Å². The van der Waals surface area contributed by atoms with Gasteiger partial charge in [-0.15, -0.1) is 0 Å². The lowest BCUT2D eigenvalue weighted by Crippen LogP contribution is -2.44. The molecule has 1 fully saturated rings. The molecule has 33 heavy (non-hydrogen) atoms. The molecule has 0 saturated carbocycles. The van der Waals surface area contributed by atoms with E-state index < -0.39 is 42.1 Å². The van der Waals surface area contributed by atoms with Gasteiger partial charge in [-0.3, -0.25) is 45.3 Å². The zero-order valence-electron chi connectivity index (χ0n) is 17.6. The van der Waals surface area contributed by atoms with E-state index in [9.17, 15) is 24.0 Å². The van der Waals surface area contributed by atoms with E-state index in [4.69, 9.17) is 16.3 Å². The summed E-state index contributed by atoms with van der Waals surface area (Å²) in [6.45, 7) is 1.02. The Bertz CT molecular complexity index is 1110. The first-order valence-electron chi connectivity index (χ1n) is 9.93. The highest BCUT2D eigenvalue weighted by Gasteiger charge is 2.36. The Balaban J connectivity index is 1.44. The molecule has 1 saturated heterocycles. The number of ether oxygens (including phenoxy) is 1. The standard InChI is InChI=1S/C22H21ClN4O6/c1-13-6-2-3-7-15(13)21(31)26-27-11-14(10-19(27)29)22(32)33-12-18(28)24-25-20(30)16-8-4-5-9-17(16)23/h2-9,14H,10-12H2,1H3,(H,24,28)(H,25,30)(H,26,31)/t14-/m1/s1. The predicted octanol–water partition coefficient (Wildman–Crippen LogP) is 1.15. The van der Waals surface area contributed by atoms with Crippen LogP contribution in [0.4, 0.5) is 0 Å². The molecule has 1 atom stereocenters. The van der Waals surface area contributed by atoms with Gasteiger partial charge in [0.1, 0.15) is 0 Å². The molecule has 2 aromatic rings. The maximum Gasteiger partial charge on any atom is 0.311 e. The third kappa shape index (κ3) is 6.07. The molecule has 0 spiro atoms. The Morgan fingerprint density at radius 1 is 1.00 bits per heavy atom. The Kier molecular flexibility index (Phi) is 7.62. The summed E-state index contributed by atoms with van der Waals surface area (Å²) < 4.78 is 4.93. The molecule has 2 aromatic carbocycles. The van der Waals surface area contributed by atoms with Crippen molar-refractivity contribution in [3.8, 4) is 0 Å². The molecule has 1 aliphatic rings. The Morgan fingerprint density at radius 3 is 2.36 bits per heavy atom. The topological polar surface area (TPSA) is 134 Å². The van der Waals surface area contributed by atoms with Gasteiger partial charge in [-0.1, -0.05) is 41.9 Å². The van der Waals surface area contributed by atoms with Crippen LogP contribution in [0.3, 0.4) is 0 Å². The highest BCUT2D eigenvalue weighted by Crippen LogP contribution is 2.18. The van der Waals surface area contributed by atoms with E-state index in [2.05, 4.69) is 16.3 Å². The smallest absolute Gasteiger partial charge is 0.311 e. The lowest BCUT2D eigenvalue weighted by Gasteiger charge is -2.18. The van der Waals surface area contributed by atoms with Crippen molar-refractivity contribution in [2.24, 2.45) is 5.92 Å². The van der Waals surface area contributed by atoms with Crippen molar-refractivity contribution in [1.82, 2.24) is 21.3 Å². The summed E-state index contributed by atoms with van der Waals surface area (Å²) in [4.78, 5) is 60.7. The number of carbonyl (C=O) groups excluding carboxylic acids is 5. The Morgan fingerprint density at radius 2 is 1.67 bits per heavy atom. The highest BCUT2D eigenvalue weighted by atomic mass is 35.5. The van der Waals surface area contributed by atoms with Crippen LogP contribution in [0.2, 0.25) is 5.02 Å². The number of nitrogens with one attached hydrogen (secondary N) is 3. The lowest BCUT2D eigenvalue weighted by atomic mass is 10.1. The van der Waals surface area contributed by atoms with Gasteiger partial charge in [0.25, 0.3) is 17.7 Å². The number of carbonyl (C=O) groups is 5. The molecule has 0 aliphatic carbocycles. The van der Waals surface area contributed by atoms with Gasteiger partial charge in [0.15, 0.2) is 6.61 Å². The van der Waals surface area contributed by atoms with Crippen molar-refractivity contribution >= 4 is 41.2 Å². The summed E-state index contributed by atoms with van der Waals surface area (Å²) in [5.74, 6) is -3.96. The number of aryl methyl sites for hydroxylation is 1. The summed E-state index contributed by atoms with van der Waals surface area (Å²) in [6, 6.07) is 13.1. The average molecular weight is 473 g/mol. The fourth-order valence-corrected chi connectivity index (χ4v) is 3.34. The number of halogens is 1. The van der Waals surface area contributed by atoms with Crippen LogP contribution in [-0.4, -0.2) is 47.8 Å². The number of amides is 4. The van der Waals surface area contributed by atoms with Crippen molar-refractivity contribution in [3.05, 3.63) is 70.2 Å². The van der Waals surface area contributed by atoms with Crippen molar-refractivity contribution in [3.63, 3.8) is 0 Å². The minimum absolute atomic E-state index is 0.0832. The van der Waals surface area contributed by atoms with E-state index in [1.54, 1.807) is 43.3 Å². The number of benzene rings is 2. The number of hydrogen-bond donors (Lipinski definition) is 3. The molecule has 10 nitrogen and oxygen atoms in total. The largest absolute Gasteiger partial charge is 0.455 e. The second-order valence-corrected chi connectivity index (χ2v) is 7.66. The Labute approximate surface area is 194 Å². The van der Waals surface area contributed by atoms with Crippen molar-refractivity contribution in [2.45, 2.75) is 13.3 Å². The predicted molar refractivity (Wildman–Crippen MR) is 116 cm³/mol. The zero-order valence-corrected chi connectivity index (χ0v) is 18.3. The third-order valence-corrected chi connectivity index (χ3v) is 5.19. The fourth-order valence-electron chi connectivity index (χ4n) is 3.11. The normalized spacial score (nSPS) is 15.0. The molecule has 1 aliphatic heterocycles. The number of hydrogen-bond acceptors (Lipinski definition) is 6. The second kappa shape index (κ2) is 10.6. The number of hydrazine groups is 2. The number of esters is 1. The maximum absolute atomic E-state index is 12.4. The van der Waals surface area contributed by atoms with Crippen LogP contribution in [0.1, 0.15) is 32.7 Å². The quantitative estimate of drug-likeness (QED) is 0.426. The van der Waals surface area contributed by atoms with Gasteiger partial charge in [0.2, 0.25) is 5.91 Å². The fraction of sp³-hybridized carbons (Fsp3) is 0.227. The molecule has 3 N–H and O–H groups in total. The van der Waals surface area contributed by atoms with E-state index in [0.717, 1.165) is 10.6 Å². The van der Waals surface area contributed by atoms with Crippen LogP contribution in [0.25, 0.3) is 0 Å². The first kappa shape index (κ1) is 23.7. The van der Waals surface area contributed by atoms with Crippen molar-refractivity contribution in [2.75, 3.05) is 13.2 Å². The summed E-state index contributed by atoms with van der Waals surface area (Å²) in [5.41, 5.74) is 8.08. The van der Waals surface area contributed by atoms with Crippen molar-refractivity contribution < 1.29 is 28.7 Å². The van der Waals surface area contributed by atoms with E-state index in [1.807, 2.05) is 0 Å². The third-order valence-electron chi connectivity index (χ3n) is 4.86. The van der Waals surface area contributed by atoms with Gasteiger partial charge < -0.3 is 4.74 Å². The van der Waals surface area contributed by atoms with Gasteiger partial charge in [0.05, 0.1) is 23.0 Å². The molecular formula is C22H21ClN4O6. The molecule has 1 heterocycles. The minimum atomic E-state index is -0.847. The first-order valence-corrected chi connectivity index (χ1v) is 10.3. The van der Waals surface area contributed by atoms with Gasteiger partial charge in [0, 0.05) is 12.0 Å². The maximum atomic E-state index is 12.4. The first-order chi connectivity index (χ1) is 15.8. The molecule has 0 radical (unpaired) electrons. The van der Waals surface area contributed by atoms with E-state index in [1.165, 1.54) is 12.1 Å². The SMILES string of the molecule is Cc1ccccc1C(=O)NN1C[C@H](C(=O)OCC(=O)NNC(=O)c2ccccc2Cl)CC1=O. The average Bonchev–Trinajstić information content (AvgIpc) is 3.16. The molecule has 11 heteroatoms. The molecule has 0 aromatic heterocycles. The van der Waals surface area contributed by atoms with Crippen LogP contribution in [0.5, 0.6) is 0 Å². The minimum Gasteiger partial charge on any atom is -0.455 e. The zero-order chi connectivity index (χ0) is 24.0. The summed E-state index contributed by atoms with van der Waals surface area (Å²) >= 11 is 5.91. The molecule has 4 amide bonds. The van der Waals surface area contributed by atoms with Gasteiger partial charge in [-0.25, -0.2) is 0 Å². The van der Waals surface area contributed by atoms with Crippen LogP contribution < -0.4 is 16.3 Å². The van der Waals surface area contributed by atoms with Gasteiger partial charge >= 0.3 is 5.97 Å². The van der Waals surface area contributed by atoms with E-state index >= 15 is 0 Å². The number of rotatable bonds is 6. The summed E-state index contributed by atoms with van der Waals surface area (Å²) in [6.07, 6.45) is -0.169. The summed E-state index contributed by atoms with van der Waals surface area (Å²) in [5, 5.41) is 1.27. The molecule has 0 unspecified atom stereocenters. The van der Waals surface area contributed by atoms with Crippen LogP contribution in [0, 0.1) is 12.8 Å². The second-order valence-electron chi connectivity index (χ2n) is 7.25. The van der Waals surface area contributed by atoms with Crippen LogP contribution in [-0.2, 0) is 19.1 Å². The molecular weight excluding hydrogens is 452 g/mol. The van der Waals surface area contributed by atoms with Crippen LogP contribution in [0.15, 0.2) is 48.5 Å². The van der Waals surface area contributed by atoms with Gasteiger partial charge in [-0.2, -0.15) is 0 Å². The van der Waals surface area contributed by atoms with Gasteiger partial charge in [-0.05, 0) is 30.7 Å². The molecule has 172 valence electrons. The van der Waals surface area contributed by atoms with Crippen molar-refractivity contribution in [1.29, 1.82) is 0 Å². The van der Waals surface area contributed by atoms with Crippen LogP contribution >= 0.6 is 11.6 Å². The Hall–Kier alpha value is -3.92. The highest BCUT2D eigenvalue weighted by molar-refractivity contribution is 6.33.